The largest absolute Gasteiger partial charge is 0.416 e. The van der Waals surface area contributed by atoms with Gasteiger partial charge in [-0.2, -0.15) is 13.2 Å². The van der Waals surface area contributed by atoms with Crippen LogP contribution in [0.25, 0.3) is 0 Å². The van der Waals surface area contributed by atoms with Crippen molar-refractivity contribution in [2.75, 3.05) is 19.7 Å². The zero-order valence-corrected chi connectivity index (χ0v) is 14.3. The molecule has 0 N–H and O–H groups in total. The van der Waals surface area contributed by atoms with Gasteiger partial charge in [0.2, 0.25) is 0 Å². The van der Waals surface area contributed by atoms with E-state index in [1.54, 1.807) is 36.2 Å². The highest BCUT2D eigenvalue weighted by molar-refractivity contribution is 5.95. The van der Waals surface area contributed by atoms with Gasteiger partial charge in [0.1, 0.15) is 0 Å². The summed E-state index contributed by atoms with van der Waals surface area (Å²) in [6, 6.07) is 8.65. The number of pyridine rings is 1. The van der Waals surface area contributed by atoms with Gasteiger partial charge in [0.25, 0.3) is 5.91 Å². The Morgan fingerprint density at radius 1 is 1.31 bits per heavy atom. The van der Waals surface area contributed by atoms with Gasteiger partial charge >= 0.3 is 6.18 Å². The highest BCUT2D eigenvalue weighted by atomic mass is 19.4. The fourth-order valence-corrected chi connectivity index (χ4v) is 3.05. The Balaban J connectivity index is 1.69. The predicted octanol–water partition coefficient (Wildman–Crippen LogP) is 3.49. The number of benzene rings is 1. The second-order valence-corrected chi connectivity index (χ2v) is 6.28. The average molecular weight is 364 g/mol. The van der Waals surface area contributed by atoms with Crippen LogP contribution in [0.1, 0.15) is 27.2 Å². The number of aromatic nitrogens is 1. The lowest BCUT2D eigenvalue weighted by atomic mass is 10.0. The smallest absolute Gasteiger partial charge is 0.374 e. The van der Waals surface area contributed by atoms with E-state index in [-0.39, 0.29) is 12.0 Å². The monoisotopic (exact) mass is 364 g/mol. The maximum absolute atomic E-state index is 12.8. The number of amides is 1. The van der Waals surface area contributed by atoms with E-state index in [1.165, 1.54) is 6.07 Å². The molecule has 4 nitrogen and oxygen atoms in total. The first kappa shape index (κ1) is 18.4. The Bertz CT molecular complexity index is 792. The van der Waals surface area contributed by atoms with Crippen LogP contribution in [-0.2, 0) is 17.3 Å². The van der Waals surface area contributed by atoms with Crippen LogP contribution in [0.2, 0.25) is 0 Å². The van der Waals surface area contributed by atoms with Gasteiger partial charge in [0.05, 0.1) is 23.8 Å². The summed E-state index contributed by atoms with van der Waals surface area (Å²) < 4.78 is 44.2. The van der Waals surface area contributed by atoms with E-state index in [1.807, 2.05) is 0 Å². The number of aryl methyl sites for hydroxylation is 1. The van der Waals surface area contributed by atoms with Crippen molar-refractivity contribution in [2.45, 2.75) is 25.6 Å². The van der Waals surface area contributed by atoms with Crippen LogP contribution in [0.5, 0.6) is 0 Å². The van der Waals surface area contributed by atoms with Gasteiger partial charge in [-0.25, -0.2) is 0 Å². The minimum Gasteiger partial charge on any atom is -0.374 e. The van der Waals surface area contributed by atoms with E-state index in [2.05, 4.69) is 4.98 Å². The first-order valence-electron chi connectivity index (χ1n) is 8.33. The van der Waals surface area contributed by atoms with Gasteiger partial charge in [-0.15, -0.1) is 0 Å². The molecule has 26 heavy (non-hydrogen) atoms. The number of nitrogens with zero attached hydrogens (tertiary/aromatic N) is 2. The summed E-state index contributed by atoms with van der Waals surface area (Å²) >= 11 is 0. The molecule has 0 bridgehead atoms. The zero-order valence-electron chi connectivity index (χ0n) is 14.3. The number of halogens is 3. The van der Waals surface area contributed by atoms with E-state index < -0.39 is 11.7 Å². The maximum Gasteiger partial charge on any atom is 0.416 e. The van der Waals surface area contributed by atoms with Gasteiger partial charge in [0, 0.05) is 31.4 Å². The second kappa shape index (κ2) is 7.45. The molecular weight excluding hydrogens is 345 g/mol. The van der Waals surface area contributed by atoms with Crippen molar-refractivity contribution in [3.05, 3.63) is 65.0 Å². The van der Waals surface area contributed by atoms with Gasteiger partial charge in [-0.05, 0) is 30.7 Å². The van der Waals surface area contributed by atoms with Crippen LogP contribution < -0.4 is 0 Å². The number of carbonyl (C=O) groups excluding carboxylic acids is 1. The molecule has 1 aliphatic rings. The Morgan fingerprint density at radius 2 is 2.12 bits per heavy atom. The SMILES string of the molecule is Cc1ncccc1C(=O)N1CCO[C@@H](Cc2cccc(C(F)(F)F)c2)C1. The van der Waals surface area contributed by atoms with Crippen LogP contribution in [0.3, 0.4) is 0 Å². The number of ether oxygens (including phenoxy) is 1. The third-order valence-electron chi connectivity index (χ3n) is 4.38. The molecule has 1 aromatic heterocycles. The summed E-state index contributed by atoms with van der Waals surface area (Å²) in [5.74, 6) is -0.132. The predicted molar refractivity (Wildman–Crippen MR) is 89.8 cm³/mol. The third kappa shape index (κ3) is 4.22. The Morgan fingerprint density at radius 3 is 2.85 bits per heavy atom. The van der Waals surface area contributed by atoms with Gasteiger partial charge in [-0.3, -0.25) is 9.78 Å². The molecule has 1 saturated heterocycles. The Kier molecular flexibility index (Phi) is 5.27. The summed E-state index contributed by atoms with van der Waals surface area (Å²) in [4.78, 5) is 18.5. The van der Waals surface area contributed by atoms with Crippen molar-refractivity contribution >= 4 is 5.91 Å². The standard InChI is InChI=1S/C19H19F3N2O2/c1-13-17(6-3-7-23-13)18(25)24-8-9-26-16(12-24)11-14-4-2-5-15(10-14)19(20,21)22/h2-7,10,16H,8-9,11-12H2,1H3/t16-/m0/s1. The van der Waals surface area contributed by atoms with Crippen LogP contribution in [0, 0.1) is 6.92 Å². The minimum absolute atomic E-state index is 0.132. The van der Waals surface area contributed by atoms with Crippen molar-refractivity contribution < 1.29 is 22.7 Å². The molecule has 0 radical (unpaired) electrons. The fourth-order valence-electron chi connectivity index (χ4n) is 3.05. The highest BCUT2D eigenvalue weighted by Crippen LogP contribution is 2.30. The molecule has 138 valence electrons. The zero-order chi connectivity index (χ0) is 18.7. The molecule has 0 saturated carbocycles. The fraction of sp³-hybridized carbons (Fsp3) is 0.368. The topological polar surface area (TPSA) is 42.4 Å². The van der Waals surface area contributed by atoms with Crippen molar-refractivity contribution in [1.29, 1.82) is 0 Å². The van der Waals surface area contributed by atoms with Crippen LogP contribution in [0.4, 0.5) is 13.2 Å². The number of rotatable bonds is 3. The molecule has 1 aliphatic heterocycles. The van der Waals surface area contributed by atoms with Crippen molar-refractivity contribution in [3.8, 4) is 0 Å². The molecule has 1 atom stereocenters. The van der Waals surface area contributed by atoms with E-state index in [4.69, 9.17) is 4.74 Å². The molecule has 2 heterocycles. The normalized spacial score (nSPS) is 18.0. The second-order valence-electron chi connectivity index (χ2n) is 6.28. The summed E-state index contributed by atoms with van der Waals surface area (Å²) in [5.41, 5.74) is 1.05. The summed E-state index contributed by atoms with van der Waals surface area (Å²) in [6.45, 7) is 2.91. The van der Waals surface area contributed by atoms with Crippen LogP contribution in [0.15, 0.2) is 42.6 Å². The molecule has 0 aliphatic carbocycles. The molecule has 1 aromatic carbocycles. The number of alkyl halides is 3. The van der Waals surface area contributed by atoms with Crippen molar-refractivity contribution in [2.24, 2.45) is 0 Å². The van der Waals surface area contributed by atoms with E-state index in [0.717, 1.165) is 12.1 Å². The van der Waals surface area contributed by atoms with Crippen LogP contribution in [-0.4, -0.2) is 41.6 Å². The molecule has 0 spiro atoms. The molecule has 2 aromatic rings. The highest BCUT2D eigenvalue weighted by Gasteiger charge is 2.31. The molecule has 1 amide bonds. The van der Waals surface area contributed by atoms with Crippen LogP contribution >= 0.6 is 0 Å². The molecule has 0 unspecified atom stereocenters. The summed E-state index contributed by atoms with van der Waals surface area (Å²) in [5, 5.41) is 0. The lowest BCUT2D eigenvalue weighted by Gasteiger charge is -2.33. The summed E-state index contributed by atoms with van der Waals surface area (Å²) in [6.07, 6.45) is -2.77. The molecule has 1 fully saturated rings. The Hall–Kier alpha value is -2.41. The van der Waals surface area contributed by atoms with E-state index in [0.29, 0.717) is 42.9 Å². The lowest BCUT2D eigenvalue weighted by Crippen LogP contribution is -2.46. The van der Waals surface area contributed by atoms with E-state index in [9.17, 15) is 18.0 Å². The van der Waals surface area contributed by atoms with E-state index >= 15 is 0 Å². The van der Waals surface area contributed by atoms with Crippen molar-refractivity contribution in [3.63, 3.8) is 0 Å². The number of carbonyl (C=O) groups is 1. The van der Waals surface area contributed by atoms with Crippen molar-refractivity contribution in [1.82, 2.24) is 9.88 Å². The first-order chi connectivity index (χ1) is 12.3. The van der Waals surface area contributed by atoms with Gasteiger partial charge in [-0.1, -0.05) is 18.2 Å². The molecule has 7 heteroatoms. The lowest BCUT2D eigenvalue weighted by molar-refractivity contribution is -0.137. The Labute approximate surface area is 149 Å². The number of hydrogen-bond acceptors (Lipinski definition) is 3. The minimum atomic E-state index is -4.37. The molecular formula is C19H19F3N2O2. The first-order valence-corrected chi connectivity index (χ1v) is 8.33. The van der Waals surface area contributed by atoms with Gasteiger partial charge < -0.3 is 9.64 Å². The summed E-state index contributed by atoms with van der Waals surface area (Å²) in [7, 11) is 0. The quantitative estimate of drug-likeness (QED) is 0.837. The third-order valence-corrected chi connectivity index (χ3v) is 4.38. The van der Waals surface area contributed by atoms with Gasteiger partial charge in [0.15, 0.2) is 0 Å². The average Bonchev–Trinajstić information content (AvgIpc) is 2.61. The number of hydrogen-bond donors (Lipinski definition) is 0. The molecule has 3 rings (SSSR count). The maximum atomic E-state index is 12.8. The number of morpholine rings is 1.